The lowest BCUT2D eigenvalue weighted by Crippen LogP contribution is -2.14. The van der Waals surface area contributed by atoms with E-state index in [1.807, 2.05) is 0 Å². The van der Waals surface area contributed by atoms with Gasteiger partial charge in [0.25, 0.3) is 5.69 Å². The van der Waals surface area contributed by atoms with Crippen LogP contribution in [0.1, 0.15) is 11.1 Å². The molecule has 0 saturated carbocycles. The number of pyridine rings is 1. The van der Waals surface area contributed by atoms with Crippen molar-refractivity contribution in [2.45, 2.75) is 6.92 Å². The predicted octanol–water partition coefficient (Wildman–Crippen LogP) is 7.44. The highest BCUT2D eigenvalue weighted by molar-refractivity contribution is 6.39. The fraction of sp³-hybridized carbons (Fsp3) is 0.333. The smallest absolute Gasteiger partial charge is 0.272 e. The number of benzene rings is 2. The number of ether oxygens (including phenoxy) is 4. The van der Waals surface area contributed by atoms with Crippen molar-refractivity contribution in [3.05, 3.63) is 55.6 Å². The Morgan fingerprint density at radius 1 is 0.864 bits per heavy atom. The molecular weight excluding hydrogens is 617 g/mol. The molecule has 0 atom stereocenters. The van der Waals surface area contributed by atoms with Crippen LogP contribution < -0.4 is 20.1 Å². The van der Waals surface area contributed by atoms with Gasteiger partial charge in [-0.05, 0) is 6.92 Å². The highest BCUT2D eigenvalue weighted by atomic mass is 35.5. The molecule has 0 amide bonds. The maximum atomic E-state index is 11.1. The van der Waals surface area contributed by atoms with E-state index in [2.05, 4.69) is 42.1 Å². The van der Waals surface area contributed by atoms with E-state index in [9.17, 15) is 15.4 Å². The number of nitro groups is 1. The number of methoxy groups -OCH3 is 4. The fourth-order valence-corrected chi connectivity index (χ4v) is 4.28. The molecule has 3 rings (SSSR count). The Morgan fingerprint density at radius 3 is 1.82 bits per heavy atom. The summed E-state index contributed by atoms with van der Waals surface area (Å²) in [5.74, 6) is 1.28. The Balaban J connectivity index is 2.04. The lowest BCUT2D eigenvalue weighted by molar-refractivity contribution is -0.384. The molecule has 0 aliphatic heterocycles. The Kier molecular flexibility index (Phi) is 12.5. The van der Waals surface area contributed by atoms with Gasteiger partial charge in [0.15, 0.2) is 5.82 Å². The summed E-state index contributed by atoms with van der Waals surface area (Å²) in [6.07, 6.45) is 0. The summed E-state index contributed by atoms with van der Waals surface area (Å²) in [6.45, 7) is 3.44. The highest BCUT2D eigenvalue weighted by Crippen LogP contribution is 2.43. The maximum absolute atomic E-state index is 11.1. The quantitative estimate of drug-likeness (QED) is 0.0726. The summed E-state index contributed by atoms with van der Waals surface area (Å²) in [5, 5.41) is 44.2. The number of aromatic nitrogens is 1. The van der Waals surface area contributed by atoms with E-state index in [-0.39, 0.29) is 44.3 Å². The first kappa shape index (κ1) is 33.9. The molecule has 232 valence electrons. The number of nitrogens with zero attached hydrogens (tertiary/aromatic N) is 7. The van der Waals surface area contributed by atoms with Crippen molar-refractivity contribution < 1.29 is 23.9 Å². The lowest BCUT2D eigenvalue weighted by atomic mass is 10.1. The largest absolute Gasteiger partial charge is 0.494 e. The fourth-order valence-electron chi connectivity index (χ4n) is 3.73. The van der Waals surface area contributed by atoms with Gasteiger partial charge >= 0.3 is 0 Å². The van der Waals surface area contributed by atoms with Gasteiger partial charge in [-0.2, -0.15) is 5.26 Å². The summed E-state index contributed by atoms with van der Waals surface area (Å²) in [7, 11) is 6.02. The van der Waals surface area contributed by atoms with Crippen LogP contribution in [0.25, 0.3) is 0 Å². The van der Waals surface area contributed by atoms with Crippen LogP contribution >= 0.6 is 23.2 Å². The van der Waals surface area contributed by atoms with Crippen LogP contribution in [-0.4, -0.2) is 64.6 Å². The molecule has 0 radical (unpaired) electrons. The van der Waals surface area contributed by atoms with Gasteiger partial charge in [0.1, 0.15) is 46.1 Å². The number of hydrogen-bond acceptors (Lipinski definition) is 14. The minimum absolute atomic E-state index is 0.0358. The second-order valence-corrected chi connectivity index (χ2v) is 9.53. The van der Waals surface area contributed by atoms with E-state index < -0.39 is 4.92 Å². The molecule has 1 heterocycles. The number of nitriles is 1. The molecule has 1 aromatic heterocycles. The predicted molar refractivity (Wildman–Crippen MR) is 165 cm³/mol. The van der Waals surface area contributed by atoms with E-state index in [4.69, 9.17) is 42.1 Å². The molecule has 0 aliphatic rings. The van der Waals surface area contributed by atoms with Gasteiger partial charge in [0.05, 0.1) is 48.0 Å². The number of hydrogen-bond donors (Lipinski definition) is 2. The van der Waals surface area contributed by atoms with Gasteiger partial charge in [-0.25, -0.2) is 4.98 Å². The zero-order valence-corrected chi connectivity index (χ0v) is 26.0. The number of halogens is 2. The monoisotopic (exact) mass is 645 g/mol. The zero-order valence-electron chi connectivity index (χ0n) is 24.5. The molecule has 17 heteroatoms. The van der Waals surface area contributed by atoms with E-state index in [0.717, 1.165) is 12.1 Å². The maximum Gasteiger partial charge on any atom is 0.272 e. The third kappa shape index (κ3) is 8.26. The normalized spacial score (nSPS) is 11.1. The van der Waals surface area contributed by atoms with Crippen molar-refractivity contribution >= 4 is 63.3 Å². The molecule has 0 saturated heterocycles. The standard InChI is InChI=1S/C27H29Cl2N9O6/c1-15-17(14-30)26(31-6-8-41-2)33-27(32-7-9-42-3)24(15)36-34-20-12-23(44-5)21(13-22(20)43-4)35-37-25-18(28)10-16(38(39)40)11-19(25)29/h10-13H,6-9H2,1-5H3,(H2,31,32,33). The summed E-state index contributed by atoms with van der Waals surface area (Å²) >= 11 is 12.3. The van der Waals surface area contributed by atoms with E-state index >= 15 is 0 Å². The van der Waals surface area contributed by atoms with Gasteiger partial charge < -0.3 is 29.6 Å². The van der Waals surface area contributed by atoms with Gasteiger partial charge in [-0.3, -0.25) is 10.1 Å². The molecule has 0 spiro atoms. The number of rotatable bonds is 15. The third-order valence-corrected chi connectivity index (χ3v) is 6.51. The number of azo groups is 2. The van der Waals surface area contributed by atoms with Crippen molar-refractivity contribution in [3.8, 4) is 17.6 Å². The average Bonchev–Trinajstić information content (AvgIpc) is 3.00. The van der Waals surface area contributed by atoms with E-state index in [1.54, 1.807) is 21.1 Å². The SMILES string of the molecule is COCCNc1nc(NCCOC)c(N=Nc2cc(OC)c(N=Nc3c(Cl)cc([N+](=O)[O-])cc3Cl)cc2OC)c(C)c1C#N. The second-order valence-electron chi connectivity index (χ2n) is 8.72. The van der Waals surface area contributed by atoms with Gasteiger partial charge in [0, 0.05) is 57.1 Å². The first-order chi connectivity index (χ1) is 21.2. The average molecular weight is 646 g/mol. The Bertz CT molecular complexity index is 1590. The van der Waals surface area contributed by atoms with Crippen LogP contribution in [0.3, 0.4) is 0 Å². The van der Waals surface area contributed by atoms with Crippen molar-refractivity contribution in [3.63, 3.8) is 0 Å². The summed E-state index contributed by atoms with van der Waals surface area (Å²) in [5.41, 5.74) is 1.44. The molecule has 2 N–H and O–H groups in total. The molecule has 0 bridgehead atoms. The number of anilines is 2. The van der Waals surface area contributed by atoms with Crippen LogP contribution in [-0.2, 0) is 9.47 Å². The minimum Gasteiger partial charge on any atom is -0.494 e. The Labute approximate surface area is 263 Å². The summed E-state index contributed by atoms with van der Waals surface area (Å²) in [6, 6.07) is 7.46. The van der Waals surface area contributed by atoms with E-state index in [1.165, 1.54) is 26.4 Å². The highest BCUT2D eigenvalue weighted by Gasteiger charge is 2.19. The van der Waals surface area contributed by atoms with Crippen molar-refractivity contribution in [2.75, 3.05) is 65.4 Å². The van der Waals surface area contributed by atoms with Crippen LogP contribution in [0.2, 0.25) is 10.0 Å². The van der Waals surface area contributed by atoms with Gasteiger partial charge in [-0.1, -0.05) is 23.2 Å². The molecular formula is C27H29Cl2N9O6. The third-order valence-electron chi connectivity index (χ3n) is 5.93. The van der Waals surface area contributed by atoms with Crippen molar-refractivity contribution in [1.82, 2.24) is 4.98 Å². The summed E-state index contributed by atoms with van der Waals surface area (Å²) in [4.78, 5) is 15.0. The first-order valence-corrected chi connectivity index (χ1v) is 13.6. The summed E-state index contributed by atoms with van der Waals surface area (Å²) < 4.78 is 21.2. The van der Waals surface area contributed by atoms with Crippen LogP contribution in [0.4, 0.5) is 40.1 Å². The molecule has 44 heavy (non-hydrogen) atoms. The van der Waals surface area contributed by atoms with Crippen LogP contribution in [0.5, 0.6) is 11.5 Å². The van der Waals surface area contributed by atoms with Gasteiger partial charge in [0.2, 0.25) is 0 Å². The van der Waals surface area contributed by atoms with Crippen molar-refractivity contribution in [2.24, 2.45) is 20.5 Å². The number of non-ortho nitro benzene ring substituents is 1. The van der Waals surface area contributed by atoms with Gasteiger partial charge in [-0.15, -0.1) is 20.5 Å². The topological polar surface area (TPSA) is 190 Å². The minimum atomic E-state index is -0.620. The number of nitro benzene ring substituents is 1. The second kappa shape index (κ2) is 16.3. The molecule has 3 aromatic rings. The Hall–Kier alpha value is -4.62. The van der Waals surface area contributed by atoms with Crippen LogP contribution in [0, 0.1) is 28.4 Å². The molecule has 15 nitrogen and oxygen atoms in total. The molecule has 2 aromatic carbocycles. The molecule has 0 aliphatic carbocycles. The van der Waals surface area contributed by atoms with Crippen molar-refractivity contribution in [1.29, 1.82) is 5.26 Å². The number of nitrogens with one attached hydrogen (secondary N) is 2. The first-order valence-electron chi connectivity index (χ1n) is 12.8. The molecule has 0 unspecified atom stereocenters. The Morgan fingerprint density at radius 2 is 1.36 bits per heavy atom. The van der Waals surface area contributed by atoms with E-state index in [0.29, 0.717) is 54.8 Å². The lowest BCUT2D eigenvalue weighted by Gasteiger charge is -2.15. The molecule has 0 fully saturated rings. The zero-order chi connectivity index (χ0) is 32.2. The van der Waals surface area contributed by atoms with Crippen LogP contribution in [0.15, 0.2) is 44.7 Å².